The number of halogens is 1. The van der Waals surface area contributed by atoms with Crippen molar-refractivity contribution in [3.8, 4) is 0 Å². The number of rotatable bonds is 3. The van der Waals surface area contributed by atoms with E-state index in [1.807, 2.05) is 0 Å². The molecule has 0 spiro atoms. The summed E-state index contributed by atoms with van der Waals surface area (Å²) in [5.74, 6) is 0. The summed E-state index contributed by atoms with van der Waals surface area (Å²) in [6.07, 6.45) is 1.59. The first-order valence-corrected chi connectivity index (χ1v) is 6.53. The van der Waals surface area contributed by atoms with Crippen LogP contribution < -0.4 is 0 Å². The summed E-state index contributed by atoms with van der Waals surface area (Å²) in [5, 5.41) is 0.258. The lowest BCUT2D eigenvalue weighted by atomic mass is 9.93. The van der Waals surface area contributed by atoms with E-state index < -0.39 is 17.2 Å². The predicted octanol–water partition coefficient (Wildman–Crippen LogP) is 3.02. The van der Waals surface area contributed by atoms with Crippen molar-refractivity contribution in [1.29, 1.82) is 0 Å². The van der Waals surface area contributed by atoms with Crippen LogP contribution in [-0.4, -0.2) is 34.9 Å². The summed E-state index contributed by atoms with van der Waals surface area (Å²) in [7, 11) is 1.51. The molecule has 0 fully saturated rings. The minimum absolute atomic E-state index is 0.258. The first-order valence-electron chi connectivity index (χ1n) is 6.15. The van der Waals surface area contributed by atoms with Crippen LogP contribution in [0.2, 0.25) is 5.15 Å². The van der Waals surface area contributed by atoms with E-state index in [1.165, 1.54) is 18.1 Å². The maximum absolute atomic E-state index is 12.1. The van der Waals surface area contributed by atoms with E-state index in [1.54, 1.807) is 39.8 Å². The highest BCUT2D eigenvalue weighted by Crippen LogP contribution is 2.27. The third-order valence-corrected chi connectivity index (χ3v) is 3.11. The highest BCUT2D eigenvalue weighted by Gasteiger charge is 2.37. The Labute approximate surface area is 123 Å². The predicted molar refractivity (Wildman–Crippen MR) is 76.7 cm³/mol. The molecule has 1 aromatic heterocycles. The standard InChI is InChI=1S/C14H19ClN2O3/c1-13(2,3)20-12(19)17(5)14(4,9-18)10-6-7-16-11(15)8-10/h6-9H,1-5H3. The Morgan fingerprint density at radius 1 is 1.40 bits per heavy atom. The molecule has 0 aromatic carbocycles. The Morgan fingerprint density at radius 2 is 2.00 bits per heavy atom. The summed E-state index contributed by atoms with van der Waals surface area (Å²) >= 11 is 5.84. The normalized spacial score (nSPS) is 14.3. The number of nitrogens with zero attached hydrogens (tertiary/aromatic N) is 2. The first-order chi connectivity index (χ1) is 9.10. The highest BCUT2D eigenvalue weighted by atomic mass is 35.5. The van der Waals surface area contributed by atoms with Crippen LogP contribution in [0.4, 0.5) is 4.79 Å². The third-order valence-electron chi connectivity index (χ3n) is 2.90. The van der Waals surface area contributed by atoms with Crippen molar-refractivity contribution in [2.75, 3.05) is 7.05 Å². The maximum Gasteiger partial charge on any atom is 0.411 e. The smallest absolute Gasteiger partial charge is 0.411 e. The zero-order valence-electron chi connectivity index (χ0n) is 12.3. The summed E-state index contributed by atoms with van der Waals surface area (Å²) in [6.45, 7) is 6.91. The zero-order valence-corrected chi connectivity index (χ0v) is 13.1. The van der Waals surface area contributed by atoms with Crippen LogP contribution in [0.1, 0.15) is 33.3 Å². The van der Waals surface area contributed by atoms with Crippen molar-refractivity contribution in [3.63, 3.8) is 0 Å². The van der Waals surface area contributed by atoms with Gasteiger partial charge >= 0.3 is 6.09 Å². The van der Waals surface area contributed by atoms with Crippen LogP contribution in [0.3, 0.4) is 0 Å². The highest BCUT2D eigenvalue weighted by molar-refractivity contribution is 6.29. The minimum Gasteiger partial charge on any atom is -0.444 e. The first kappa shape index (κ1) is 16.4. The summed E-state index contributed by atoms with van der Waals surface area (Å²) < 4.78 is 5.28. The molecular weight excluding hydrogens is 280 g/mol. The van der Waals surface area contributed by atoms with Crippen molar-refractivity contribution < 1.29 is 14.3 Å². The van der Waals surface area contributed by atoms with E-state index in [4.69, 9.17) is 16.3 Å². The maximum atomic E-state index is 12.1. The van der Waals surface area contributed by atoms with Gasteiger partial charge in [-0.2, -0.15) is 0 Å². The second kappa shape index (κ2) is 5.79. The quantitative estimate of drug-likeness (QED) is 0.636. The second-order valence-electron chi connectivity index (χ2n) is 5.67. The van der Waals surface area contributed by atoms with Crippen molar-refractivity contribution >= 4 is 24.0 Å². The van der Waals surface area contributed by atoms with Gasteiger partial charge in [0.05, 0.1) is 0 Å². The van der Waals surface area contributed by atoms with Crippen LogP contribution in [0.15, 0.2) is 18.3 Å². The number of hydrogen-bond acceptors (Lipinski definition) is 4. The van der Waals surface area contributed by atoms with E-state index >= 15 is 0 Å². The Bertz CT molecular complexity index is 513. The van der Waals surface area contributed by atoms with Gasteiger partial charge < -0.3 is 9.53 Å². The molecule has 1 heterocycles. The summed E-state index contributed by atoms with van der Waals surface area (Å²) in [4.78, 5) is 28.8. The molecule has 0 aliphatic rings. The van der Waals surface area contributed by atoms with Crippen molar-refractivity contribution in [3.05, 3.63) is 29.0 Å². The van der Waals surface area contributed by atoms with E-state index in [0.29, 0.717) is 11.8 Å². The van der Waals surface area contributed by atoms with Crippen LogP contribution >= 0.6 is 11.6 Å². The molecule has 0 aliphatic carbocycles. The fraction of sp³-hybridized carbons (Fsp3) is 0.500. The Morgan fingerprint density at radius 3 is 2.45 bits per heavy atom. The molecule has 0 bridgehead atoms. The van der Waals surface area contributed by atoms with Crippen LogP contribution in [-0.2, 0) is 15.1 Å². The van der Waals surface area contributed by atoms with Gasteiger partial charge in [0.2, 0.25) is 0 Å². The van der Waals surface area contributed by atoms with Gasteiger partial charge in [0.25, 0.3) is 0 Å². The molecular formula is C14H19ClN2O3. The average Bonchev–Trinajstić information content (AvgIpc) is 2.34. The zero-order chi connectivity index (χ0) is 15.6. The molecule has 0 saturated heterocycles. The van der Waals surface area contributed by atoms with E-state index in [0.717, 1.165) is 0 Å². The molecule has 1 unspecified atom stereocenters. The van der Waals surface area contributed by atoms with Crippen LogP contribution in [0.5, 0.6) is 0 Å². The Hall–Kier alpha value is -1.62. The van der Waals surface area contributed by atoms with Gasteiger partial charge in [0.15, 0.2) is 0 Å². The molecule has 20 heavy (non-hydrogen) atoms. The molecule has 0 N–H and O–H groups in total. The van der Waals surface area contributed by atoms with Gasteiger partial charge in [-0.15, -0.1) is 0 Å². The molecule has 1 rings (SSSR count). The molecule has 1 amide bonds. The van der Waals surface area contributed by atoms with Crippen molar-refractivity contribution in [2.24, 2.45) is 0 Å². The topological polar surface area (TPSA) is 59.5 Å². The van der Waals surface area contributed by atoms with Gasteiger partial charge in [0.1, 0.15) is 22.6 Å². The van der Waals surface area contributed by atoms with E-state index in [9.17, 15) is 9.59 Å². The lowest BCUT2D eigenvalue weighted by Crippen LogP contribution is -2.48. The number of ether oxygens (including phenoxy) is 1. The van der Waals surface area contributed by atoms with Gasteiger partial charge in [-0.05, 0) is 45.4 Å². The van der Waals surface area contributed by atoms with E-state index in [2.05, 4.69) is 4.98 Å². The molecule has 0 aliphatic heterocycles. The average molecular weight is 299 g/mol. The number of amides is 1. The third kappa shape index (κ3) is 3.70. The van der Waals surface area contributed by atoms with Crippen LogP contribution in [0, 0.1) is 0 Å². The Kier molecular flexibility index (Phi) is 4.76. The van der Waals surface area contributed by atoms with Gasteiger partial charge in [0, 0.05) is 13.2 Å². The number of pyridine rings is 1. The second-order valence-corrected chi connectivity index (χ2v) is 6.06. The van der Waals surface area contributed by atoms with Gasteiger partial charge in [-0.3, -0.25) is 4.90 Å². The van der Waals surface area contributed by atoms with Crippen molar-refractivity contribution in [1.82, 2.24) is 9.88 Å². The fourth-order valence-corrected chi connectivity index (χ4v) is 1.75. The fourth-order valence-electron chi connectivity index (χ4n) is 1.58. The molecule has 1 atom stereocenters. The SMILES string of the molecule is CN(C(=O)OC(C)(C)C)C(C)(C=O)c1ccnc(Cl)c1. The minimum atomic E-state index is -1.17. The van der Waals surface area contributed by atoms with Gasteiger partial charge in [-0.1, -0.05) is 11.6 Å². The van der Waals surface area contributed by atoms with Crippen molar-refractivity contribution in [2.45, 2.75) is 38.8 Å². The Balaban J connectivity index is 3.10. The lowest BCUT2D eigenvalue weighted by Gasteiger charge is -2.35. The summed E-state index contributed by atoms with van der Waals surface area (Å²) in [5.41, 5.74) is -1.24. The summed E-state index contributed by atoms with van der Waals surface area (Å²) in [6, 6.07) is 3.19. The van der Waals surface area contributed by atoms with Gasteiger partial charge in [-0.25, -0.2) is 9.78 Å². The number of likely N-dealkylation sites (N-methyl/N-ethyl adjacent to an activating group) is 1. The largest absolute Gasteiger partial charge is 0.444 e. The monoisotopic (exact) mass is 298 g/mol. The molecule has 0 radical (unpaired) electrons. The lowest BCUT2D eigenvalue weighted by molar-refractivity contribution is -0.117. The number of aldehydes is 1. The molecule has 5 nitrogen and oxygen atoms in total. The van der Waals surface area contributed by atoms with Crippen LogP contribution in [0.25, 0.3) is 0 Å². The number of hydrogen-bond donors (Lipinski definition) is 0. The number of carbonyl (C=O) groups is 2. The number of aromatic nitrogens is 1. The number of carbonyl (C=O) groups excluding carboxylic acids is 2. The molecule has 0 saturated carbocycles. The molecule has 6 heteroatoms. The molecule has 110 valence electrons. The molecule has 1 aromatic rings. The van der Waals surface area contributed by atoms with E-state index in [-0.39, 0.29) is 5.15 Å².